The SMILES string of the molecule is CCCC(=N)CC(Nc1ccc(C#N)c(CCC)c1)C1CCCC1. The monoisotopic (exact) mass is 325 g/mol. The van der Waals surface area contributed by atoms with Crippen molar-refractivity contribution >= 4 is 11.4 Å². The molecule has 0 amide bonds. The predicted molar refractivity (Wildman–Crippen MR) is 102 cm³/mol. The summed E-state index contributed by atoms with van der Waals surface area (Å²) in [5.74, 6) is 0.674. The van der Waals surface area contributed by atoms with Crippen molar-refractivity contribution in [2.45, 2.75) is 77.7 Å². The van der Waals surface area contributed by atoms with E-state index in [9.17, 15) is 5.26 Å². The lowest BCUT2D eigenvalue weighted by Crippen LogP contribution is -2.30. The quantitative estimate of drug-likeness (QED) is 0.573. The van der Waals surface area contributed by atoms with Crippen LogP contribution in [0.1, 0.15) is 76.3 Å². The van der Waals surface area contributed by atoms with E-state index in [1.165, 1.54) is 25.7 Å². The average molecular weight is 326 g/mol. The van der Waals surface area contributed by atoms with Crippen LogP contribution in [0.15, 0.2) is 18.2 Å². The molecule has 1 saturated carbocycles. The largest absolute Gasteiger partial charge is 0.382 e. The van der Waals surface area contributed by atoms with Gasteiger partial charge in [0.05, 0.1) is 11.6 Å². The van der Waals surface area contributed by atoms with Gasteiger partial charge in [0.25, 0.3) is 0 Å². The Hall–Kier alpha value is -1.82. The van der Waals surface area contributed by atoms with Crippen LogP contribution in [0.5, 0.6) is 0 Å². The molecule has 0 aliphatic heterocycles. The molecule has 2 N–H and O–H groups in total. The molecule has 0 heterocycles. The number of anilines is 1. The molecule has 2 rings (SSSR count). The summed E-state index contributed by atoms with van der Waals surface area (Å²) in [6, 6.07) is 8.78. The second-order valence-electron chi connectivity index (χ2n) is 7.09. The molecule has 0 aromatic heterocycles. The van der Waals surface area contributed by atoms with Crippen molar-refractivity contribution in [2.24, 2.45) is 5.92 Å². The second-order valence-corrected chi connectivity index (χ2v) is 7.09. The summed E-state index contributed by atoms with van der Waals surface area (Å²) in [6.07, 6.45) is 9.97. The molecule has 1 fully saturated rings. The Labute approximate surface area is 147 Å². The number of hydrogen-bond acceptors (Lipinski definition) is 3. The zero-order chi connectivity index (χ0) is 17.4. The zero-order valence-electron chi connectivity index (χ0n) is 15.2. The molecule has 1 aromatic carbocycles. The van der Waals surface area contributed by atoms with Crippen LogP contribution in [-0.2, 0) is 6.42 Å². The fourth-order valence-corrected chi connectivity index (χ4v) is 3.85. The summed E-state index contributed by atoms with van der Waals surface area (Å²) in [5.41, 5.74) is 3.90. The molecule has 1 unspecified atom stereocenters. The third kappa shape index (κ3) is 5.09. The predicted octanol–water partition coefficient (Wildman–Crippen LogP) is 5.69. The highest BCUT2D eigenvalue weighted by atomic mass is 14.9. The molecule has 1 aliphatic rings. The number of nitriles is 1. The van der Waals surface area contributed by atoms with E-state index < -0.39 is 0 Å². The Morgan fingerprint density at radius 1 is 1.29 bits per heavy atom. The first kappa shape index (κ1) is 18.5. The van der Waals surface area contributed by atoms with Crippen molar-refractivity contribution in [3.63, 3.8) is 0 Å². The number of aryl methyl sites for hydroxylation is 1. The second kappa shape index (κ2) is 9.47. The van der Waals surface area contributed by atoms with Gasteiger partial charge in [-0.1, -0.05) is 39.5 Å². The smallest absolute Gasteiger partial charge is 0.0994 e. The molecule has 1 atom stereocenters. The third-order valence-electron chi connectivity index (χ3n) is 5.08. The fraction of sp³-hybridized carbons (Fsp3) is 0.619. The van der Waals surface area contributed by atoms with Gasteiger partial charge >= 0.3 is 0 Å². The topological polar surface area (TPSA) is 59.7 Å². The van der Waals surface area contributed by atoms with Crippen molar-refractivity contribution in [1.82, 2.24) is 0 Å². The van der Waals surface area contributed by atoms with E-state index in [-0.39, 0.29) is 0 Å². The van der Waals surface area contributed by atoms with E-state index in [1.807, 2.05) is 12.1 Å². The van der Waals surface area contributed by atoms with Crippen molar-refractivity contribution in [3.8, 4) is 6.07 Å². The Bertz CT molecular complexity index is 579. The number of benzene rings is 1. The summed E-state index contributed by atoms with van der Waals surface area (Å²) in [7, 11) is 0. The van der Waals surface area contributed by atoms with Crippen molar-refractivity contribution < 1.29 is 0 Å². The molecule has 0 bridgehead atoms. The van der Waals surface area contributed by atoms with Gasteiger partial charge in [-0.15, -0.1) is 0 Å². The molecular weight excluding hydrogens is 294 g/mol. The highest BCUT2D eigenvalue weighted by Gasteiger charge is 2.26. The van der Waals surface area contributed by atoms with E-state index in [1.54, 1.807) is 0 Å². The van der Waals surface area contributed by atoms with Crippen molar-refractivity contribution in [2.75, 3.05) is 5.32 Å². The van der Waals surface area contributed by atoms with Gasteiger partial charge < -0.3 is 10.7 Å². The van der Waals surface area contributed by atoms with Crippen LogP contribution in [0.4, 0.5) is 5.69 Å². The summed E-state index contributed by atoms with van der Waals surface area (Å²) < 4.78 is 0. The summed E-state index contributed by atoms with van der Waals surface area (Å²) in [4.78, 5) is 0. The third-order valence-corrected chi connectivity index (χ3v) is 5.08. The van der Waals surface area contributed by atoms with Gasteiger partial charge in [0.15, 0.2) is 0 Å². The first-order valence-electron chi connectivity index (χ1n) is 9.53. The molecule has 3 nitrogen and oxygen atoms in total. The normalized spacial score (nSPS) is 15.9. The summed E-state index contributed by atoms with van der Waals surface area (Å²) >= 11 is 0. The van der Waals surface area contributed by atoms with Gasteiger partial charge in [-0.2, -0.15) is 5.26 Å². The fourth-order valence-electron chi connectivity index (χ4n) is 3.85. The van der Waals surface area contributed by atoms with Crippen LogP contribution in [0.25, 0.3) is 0 Å². The first-order chi connectivity index (χ1) is 11.7. The minimum Gasteiger partial charge on any atom is -0.382 e. The van der Waals surface area contributed by atoms with Crippen LogP contribution in [0, 0.1) is 22.7 Å². The minimum atomic E-state index is 0.356. The van der Waals surface area contributed by atoms with Crippen LogP contribution >= 0.6 is 0 Å². The molecular formula is C21H31N3. The molecule has 1 aromatic rings. The van der Waals surface area contributed by atoms with E-state index in [0.717, 1.165) is 54.6 Å². The Balaban J connectivity index is 2.14. The van der Waals surface area contributed by atoms with Gasteiger partial charge in [-0.05, 0) is 55.4 Å². The lowest BCUT2D eigenvalue weighted by Gasteiger charge is -2.26. The van der Waals surface area contributed by atoms with Crippen molar-refractivity contribution in [3.05, 3.63) is 29.3 Å². The molecule has 0 spiro atoms. The molecule has 0 saturated heterocycles. The van der Waals surface area contributed by atoms with E-state index in [0.29, 0.717) is 12.0 Å². The Kier molecular flexibility index (Phi) is 7.31. The lowest BCUT2D eigenvalue weighted by molar-refractivity contribution is 0.463. The molecule has 130 valence electrons. The molecule has 24 heavy (non-hydrogen) atoms. The number of rotatable bonds is 9. The highest BCUT2D eigenvalue weighted by Crippen LogP contribution is 2.31. The highest BCUT2D eigenvalue weighted by molar-refractivity contribution is 5.82. The van der Waals surface area contributed by atoms with Gasteiger partial charge in [0.1, 0.15) is 0 Å². The van der Waals surface area contributed by atoms with E-state index in [2.05, 4.69) is 31.3 Å². The number of nitrogens with zero attached hydrogens (tertiary/aromatic N) is 1. The van der Waals surface area contributed by atoms with Gasteiger partial charge in [-0.25, -0.2) is 0 Å². The van der Waals surface area contributed by atoms with E-state index in [4.69, 9.17) is 5.41 Å². The minimum absolute atomic E-state index is 0.356. The first-order valence-corrected chi connectivity index (χ1v) is 9.53. The number of hydrogen-bond donors (Lipinski definition) is 2. The maximum Gasteiger partial charge on any atom is 0.0994 e. The number of nitrogens with one attached hydrogen (secondary N) is 2. The maximum absolute atomic E-state index is 9.27. The molecule has 3 heteroatoms. The van der Waals surface area contributed by atoms with Gasteiger partial charge in [0.2, 0.25) is 0 Å². The Morgan fingerprint density at radius 3 is 2.67 bits per heavy atom. The maximum atomic E-state index is 9.27. The lowest BCUT2D eigenvalue weighted by atomic mass is 9.91. The van der Waals surface area contributed by atoms with Gasteiger partial charge in [-0.3, -0.25) is 0 Å². The van der Waals surface area contributed by atoms with Crippen LogP contribution < -0.4 is 5.32 Å². The Morgan fingerprint density at radius 2 is 2.04 bits per heavy atom. The van der Waals surface area contributed by atoms with Crippen LogP contribution in [-0.4, -0.2) is 11.8 Å². The van der Waals surface area contributed by atoms with Crippen molar-refractivity contribution in [1.29, 1.82) is 10.7 Å². The zero-order valence-corrected chi connectivity index (χ0v) is 15.2. The summed E-state index contributed by atoms with van der Waals surface area (Å²) in [5, 5.41) is 21.2. The molecule has 0 radical (unpaired) electrons. The average Bonchev–Trinajstić information content (AvgIpc) is 3.09. The van der Waals surface area contributed by atoms with Crippen LogP contribution in [0.2, 0.25) is 0 Å². The summed E-state index contributed by atoms with van der Waals surface area (Å²) in [6.45, 7) is 4.29. The molecule has 1 aliphatic carbocycles. The van der Waals surface area contributed by atoms with E-state index >= 15 is 0 Å². The van der Waals surface area contributed by atoms with Gasteiger partial charge in [0, 0.05) is 23.9 Å². The van der Waals surface area contributed by atoms with Crippen LogP contribution in [0.3, 0.4) is 0 Å². The standard InChI is InChI=1S/C21H31N3/c1-3-7-17-13-20(12-11-18(17)15-22)24-21(14-19(23)8-4-2)16-9-5-6-10-16/h11-13,16,21,23-24H,3-10,14H2,1-2H3.